The molecule has 0 saturated heterocycles. The van der Waals surface area contributed by atoms with Crippen molar-refractivity contribution in [3.05, 3.63) is 17.3 Å². The van der Waals surface area contributed by atoms with Crippen LogP contribution in [-0.4, -0.2) is 30.4 Å². The van der Waals surface area contributed by atoms with Crippen LogP contribution >= 0.6 is 0 Å². The molecule has 0 amide bonds. The molecule has 0 fully saturated rings. The molecular formula is C9H17N4Y-. The Kier molecular flexibility index (Phi) is 9.41. The van der Waals surface area contributed by atoms with Gasteiger partial charge in [-0.3, -0.25) is 4.99 Å². The Balaban J connectivity index is 0. The molecule has 1 radical (unpaired) electrons. The third kappa shape index (κ3) is 4.33. The van der Waals surface area contributed by atoms with E-state index in [4.69, 9.17) is 11.1 Å². The average molecular weight is 270 g/mol. The first kappa shape index (κ1) is 16.2. The maximum atomic E-state index is 7.47. The fourth-order valence-corrected chi connectivity index (χ4v) is 1.01. The number of nitrogens with one attached hydrogen (secondary N) is 2. The van der Waals surface area contributed by atoms with Crippen LogP contribution in [0.4, 0.5) is 0 Å². The van der Waals surface area contributed by atoms with E-state index >= 15 is 0 Å². The van der Waals surface area contributed by atoms with Crippen LogP contribution in [0.3, 0.4) is 0 Å². The summed E-state index contributed by atoms with van der Waals surface area (Å²) in [5.41, 5.74) is 8.86. The summed E-state index contributed by atoms with van der Waals surface area (Å²) in [5.74, 6) is 0.325. The summed E-state index contributed by atoms with van der Waals surface area (Å²) in [6.07, 6.45) is 1.11. The molecule has 0 spiro atoms. The summed E-state index contributed by atoms with van der Waals surface area (Å²) in [6.45, 7) is 6.59. The smallest absolute Gasteiger partial charge is 0.0788 e. The Morgan fingerprint density at radius 1 is 1.50 bits per heavy atom. The molecule has 14 heavy (non-hydrogen) atoms. The summed E-state index contributed by atoms with van der Waals surface area (Å²) >= 11 is 0. The number of hydrogen-bond acceptors (Lipinski definition) is 3. The molecule has 0 aromatic carbocycles. The topological polar surface area (TPSA) is 63.3 Å². The Bertz CT molecular complexity index is 245. The first-order valence-corrected chi connectivity index (χ1v) is 4.37. The maximum absolute atomic E-state index is 7.47. The minimum atomic E-state index is 0. The van der Waals surface area contributed by atoms with Crippen molar-refractivity contribution in [2.45, 2.75) is 20.8 Å². The quantitative estimate of drug-likeness (QED) is 0.730. The van der Waals surface area contributed by atoms with Crippen LogP contribution in [0.1, 0.15) is 20.8 Å². The van der Waals surface area contributed by atoms with Gasteiger partial charge in [-0.2, -0.15) is 0 Å². The van der Waals surface area contributed by atoms with Crippen LogP contribution in [0, 0.1) is 5.41 Å². The van der Waals surface area contributed by atoms with Gasteiger partial charge in [-0.25, -0.2) is 0 Å². The van der Waals surface area contributed by atoms with E-state index in [0.717, 1.165) is 11.9 Å². The van der Waals surface area contributed by atoms with Crippen LogP contribution in [0.2, 0.25) is 0 Å². The third-order valence-electron chi connectivity index (χ3n) is 1.54. The van der Waals surface area contributed by atoms with Crippen molar-refractivity contribution in [3.8, 4) is 0 Å². The molecule has 0 atom stereocenters. The van der Waals surface area contributed by atoms with E-state index in [1.165, 1.54) is 0 Å². The van der Waals surface area contributed by atoms with Crippen LogP contribution in [0.5, 0.6) is 0 Å². The van der Waals surface area contributed by atoms with Gasteiger partial charge in [0.15, 0.2) is 0 Å². The molecule has 1 aliphatic heterocycles. The number of rotatable bonds is 1. The number of nitrogens with zero attached hydrogens (tertiary/aromatic N) is 2. The molecule has 0 saturated carbocycles. The van der Waals surface area contributed by atoms with Gasteiger partial charge in [-0.15, -0.1) is 0 Å². The second-order valence-electron chi connectivity index (χ2n) is 2.58. The minimum Gasteiger partial charge on any atom is -0.480 e. The summed E-state index contributed by atoms with van der Waals surface area (Å²) in [7, 11) is 1.82. The SMILES string of the molecule is CC.CC1=NC(C=N)=C([NH-])N(C)C1.[Y]. The second kappa shape index (κ2) is 8.12. The maximum Gasteiger partial charge on any atom is 0.0788 e. The number of hydrogen-bond donors (Lipinski definition) is 1. The zero-order chi connectivity index (χ0) is 10.4. The van der Waals surface area contributed by atoms with Crippen molar-refractivity contribution in [2.24, 2.45) is 4.99 Å². The van der Waals surface area contributed by atoms with Gasteiger partial charge in [-0.1, -0.05) is 20.9 Å². The van der Waals surface area contributed by atoms with Gasteiger partial charge in [0, 0.05) is 44.6 Å². The summed E-state index contributed by atoms with van der Waals surface area (Å²) in [6, 6.07) is 0. The Morgan fingerprint density at radius 2 is 2.00 bits per heavy atom. The van der Waals surface area contributed by atoms with Crippen LogP contribution in [-0.2, 0) is 32.7 Å². The van der Waals surface area contributed by atoms with Crippen molar-refractivity contribution in [3.63, 3.8) is 0 Å². The molecule has 0 aromatic rings. The molecule has 0 bridgehead atoms. The molecule has 1 heterocycles. The first-order chi connectivity index (χ1) is 6.15. The third-order valence-corrected chi connectivity index (χ3v) is 1.54. The Labute approximate surface area is 111 Å². The predicted molar refractivity (Wildman–Crippen MR) is 57.2 cm³/mol. The Hall–Kier alpha value is -0.216. The predicted octanol–water partition coefficient (Wildman–Crippen LogP) is 2.29. The van der Waals surface area contributed by atoms with Gasteiger partial charge < -0.3 is 16.0 Å². The van der Waals surface area contributed by atoms with E-state index in [1.807, 2.05) is 27.8 Å². The zero-order valence-electron chi connectivity index (χ0n) is 9.26. The summed E-state index contributed by atoms with van der Waals surface area (Å²) in [4.78, 5) is 5.82. The normalized spacial score (nSPS) is 14.9. The summed E-state index contributed by atoms with van der Waals surface area (Å²) < 4.78 is 0. The number of aliphatic imine (C=N–C) groups is 1. The fraction of sp³-hybridized carbons (Fsp3) is 0.556. The fourth-order valence-electron chi connectivity index (χ4n) is 1.01. The minimum absolute atomic E-state index is 0. The van der Waals surface area contributed by atoms with Crippen LogP contribution in [0.15, 0.2) is 16.5 Å². The zero-order valence-corrected chi connectivity index (χ0v) is 12.1. The van der Waals surface area contributed by atoms with Crippen molar-refractivity contribution < 1.29 is 32.7 Å². The molecule has 0 aromatic heterocycles. The van der Waals surface area contributed by atoms with E-state index in [-0.39, 0.29) is 32.7 Å². The van der Waals surface area contributed by atoms with Crippen molar-refractivity contribution in [1.29, 1.82) is 5.41 Å². The van der Waals surface area contributed by atoms with Crippen LogP contribution in [0.25, 0.3) is 5.73 Å². The molecule has 1 rings (SSSR count). The molecule has 77 valence electrons. The Morgan fingerprint density at radius 3 is 2.43 bits per heavy atom. The van der Waals surface area contributed by atoms with Gasteiger partial charge in [0.25, 0.3) is 0 Å². The van der Waals surface area contributed by atoms with Gasteiger partial charge in [-0.05, 0) is 19.3 Å². The molecule has 0 unspecified atom stereocenters. The largest absolute Gasteiger partial charge is 0.480 e. The van der Waals surface area contributed by atoms with Crippen molar-refractivity contribution in [1.82, 2.24) is 4.90 Å². The van der Waals surface area contributed by atoms with Crippen molar-refractivity contribution in [2.75, 3.05) is 13.6 Å². The van der Waals surface area contributed by atoms with Crippen LogP contribution < -0.4 is 0 Å². The van der Waals surface area contributed by atoms with Crippen molar-refractivity contribution >= 4 is 11.9 Å². The first-order valence-electron chi connectivity index (χ1n) is 4.37. The molecule has 0 aliphatic carbocycles. The van der Waals surface area contributed by atoms with E-state index < -0.39 is 0 Å². The van der Waals surface area contributed by atoms with E-state index in [0.29, 0.717) is 18.1 Å². The average Bonchev–Trinajstić information content (AvgIpc) is 2.14. The second-order valence-corrected chi connectivity index (χ2v) is 2.58. The molecule has 1 aliphatic rings. The van der Waals surface area contributed by atoms with E-state index in [1.54, 1.807) is 4.90 Å². The monoisotopic (exact) mass is 270 g/mol. The van der Waals surface area contributed by atoms with Gasteiger partial charge in [0.1, 0.15) is 0 Å². The van der Waals surface area contributed by atoms with Gasteiger partial charge in [0.2, 0.25) is 0 Å². The summed E-state index contributed by atoms with van der Waals surface area (Å²) in [5, 5.41) is 6.97. The molecule has 2 N–H and O–H groups in total. The molecule has 4 nitrogen and oxygen atoms in total. The standard InChI is InChI=1S/C7H11N4.C2H6.Y/c1-5-4-11(2)7(9)6(3-8)10-5;1-2;/h3,8-9H,4H2,1-2H3;1-2H3;/q-1;;. The van der Waals surface area contributed by atoms with E-state index in [2.05, 4.69) is 4.99 Å². The van der Waals surface area contributed by atoms with Gasteiger partial charge >= 0.3 is 0 Å². The number of allylic oxidation sites excluding steroid dienone is 1. The molecule has 5 heteroatoms. The van der Waals surface area contributed by atoms with Gasteiger partial charge in [0.05, 0.1) is 5.70 Å². The molecular weight excluding hydrogens is 253 g/mol. The van der Waals surface area contributed by atoms with E-state index in [9.17, 15) is 0 Å².